The summed E-state index contributed by atoms with van der Waals surface area (Å²) in [5.74, 6) is 0.156. The molecule has 3 rings (SSSR count). The zero-order valence-corrected chi connectivity index (χ0v) is 13.9. The van der Waals surface area contributed by atoms with Crippen molar-refractivity contribution in [3.05, 3.63) is 29.8 Å². The second kappa shape index (κ2) is 7.79. The molecule has 2 aliphatic carbocycles. The van der Waals surface area contributed by atoms with Crippen molar-refractivity contribution in [3.63, 3.8) is 0 Å². The monoisotopic (exact) mass is 337 g/mol. The number of hydrogen-bond donors (Lipinski definition) is 3. The van der Waals surface area contributed by atoms with Gasteiger partial charge in [0.05, 0.1) is 0 Å². The number of hydrogen-bond acceptors (Lipinski definition) is 3. The van der Waals surface area contributed by atoms with Crippen LogP contribution in [0.3, 0.4) is 0 Å². The first kappa shape index (κ1) is 17.8. The van der Waals surface area contributed by atoms with Crippen LogP contribution in [0, 0.1) is 5.92 Å². The van der Waals surface area contributed by atoms with Crippen LogP contribution in [0.4, 0.5) is 5.69 Å². The largest absolute Gasteiger partial charge is 0.348 e. The Morgan fingerprint density at radius 2 is 1.65 bits per heavy atom. The Labute approximate surface area is 142 Å². The van der Waals surface area contributed by atoms with Gasteiger partial charge in [0.25, 0.3) is 5.91 Å². The molecule has 2 aliphatic rings. The van der Waals surface area contributed by atoms with Gasteiger partial charge >= 0.3 is 0 Å². The van der Waals surface area contributed by atoms with Crippen LogP contribution in [-0.4, -0.2) is 23.9 Å². The van der Waals surface area contributed by atoms with E-state index >= 15 is 0 Å². The maximum absolute atomic E-state index is 12.3. The van der Waals surface area contributed by atoms with E-state index in [1.165, 1.54) is 0 Å². The number of halogens is 1. The van der Waals surface area contributed by atoms with E-state index in [4.69, 9.17) is 5.73 Å². The van der Waals surface area contributed by atoms with Gasteiger partial charge in [0.1, 0.15) is 0 Å². The molecular formula is C17H24ClN3O2. The molecule has 0 heterocycles. The topological polar surface area (TPSA) is 84.2 Å². The molecule has 0 bridgehead atoms. The summed E-state index contributed by atoms with van der Waals surface area (Å²) in [6.45, 7) is 0. The minimum Gasteiger partial charge on any atom is -0.348 e. The Kier molecular flexibility index (Phi) is 6.02. The third kappa shape index (κ3) is 4.69. The highest BCUT2D eigenvalue weighted by Crippen LogP contribution is 2.30. The highest BCUT2D eigenvalue weighted by atomic mass is 35.5. The van der Waals surface area contributed by atoms with Crippen molar-refractivity contribution in [2.75, 3.05) is 5.32 Å². The van der Waals surface area contributed by atoms with E-state index in [0.29, 0.717) is 5.56 Å². The van der Waals surface area contributed by atoms with Crippen LogP contribution in [0.15, 0.2) is 24.3 Å². The number of rotatable bonds is 4. The zero-order valence-electron chi connectivity index (χ0n) is 13.1. The molecule has 1 aromatic carbocycles. The maximum Gasteiger partial charge on any atom is 0.251 e. The molecule has 0 spiro atoms. The van der Waals surface area contributed by atoms with Crippen LogP contribution in [-0.2, 0) is 4.79 Å². The minimum absolute atomic E-state index is 0. The first-order valence-corrected chi connectivity index (χ1v) is 8.11. The number of nitrogens with two attached hydrogens (primary N) is 1. The van der Waals surface area contributed by atoms with Gasteiger partial charge in [0, 0.05) is 29.3 Å². The summed E-state index contributed by atoms with van der Waals surface area (Å²) in [7, 11) is 0. The molecule has 0 aliphatic heterocycles. The molecular weight excluding hydrogens is 314 g/mol. The SMILES string of the molecule is Cl.N[C@@H]1CCCC[C@H]1NC(=O)c1ccc(NC(=O)C2CC2)cc1. The third-order valence-corrected chi connectivity index (χ3v) is 4.50. The lowest BCUT2D eigenvalue weighted by Crippen LogP contribution is -2.49. The van der Waals surface area contributed by atoms with Crippen molar-refractivity contribution >= 4 is 29.9 Å². The Bertz CT molecular complexity index is 557. The van der Waals surface area contributed by atoms with E-state index in [1.807, 2.05) is 0 Å². The molecule has 4 N–H and O–H groups in total. The van der Waals surface area contributed by atoms with Gasteiger partial charge in [-0.2, -0.15) is 0 Å². The highest BCUT2D eigenvalue weighted by Gasteiger charge is 2.29. The number of benzene rings is 1. The van der Waals surface area contributed by atoms with Crippen molar-refractivity contribution in [2.45, 2.75) is 50.6 Å². The van der Waals surface area contributed by atoms with Crippen LogP contribution in [0.1, 0.15) is 48.9 Å². The highest BCUT2D eigenvalue weighted by molar-refractivity contribution is 5.96. The van der Waals surface area contributed by atoms with E-state index in [1.54, 1.807) is 24.3 Å². The standard InChI is InChI=1S/C17H23N3O2.ClH/c18-14-3-1-2-4-15(14)20-17(22)12-7-9-13(10-8-12)19-16(21)11-5-6-11;/h7-11,14-15H,1-6,18H2,(H,19,21)(H,20,22);1H/t14-,15-;/m1./s1. The van der Waals surface area contributed by atoms with Gasteiger partial charge in [-0.1, -0.05) is 12.8 Å². The van der Waals surface area contributed by atoms with Crippen molar-refractivity contribution in [1.82, 2.24) is 5.32 Å². The lowest BCUT2D eigenvalue weighted by Gasteiger charge is -2.29. The summed E-state index contributed by atoms with van der Waals surface area (Å²) in [4.78, 5) is 23.9. The van der Waals surface area contributed by atoms with Crippen LogP contribution < -0.4 is 16.4 Å². The second-order valence-electron chi connectivity index (χ2n) is 6.37. The van der Waals surface area contributed by atoms with E-state index in [2.05, 4.69) is 10.6 Å². The smallest absolute Gasteiger partial charge is 0.251 e. The molecule has 2 saturated carbocycles. The number of anilines is 1. The van der Waals surface area contributed by atoms with E-state index < -0.39 is 0 Å². The Morgan fingerprint density at radius 3 is 2.26 bits per heavy atom. The average molecular weight is 338 g/mol. The van der Waals surface area contributed by atoms with Gasteiger partial charge in [-0.15, -0.1) is 12.4 Å². The van der Waals surface area contributed by atoms with Crippen molar-refractivity contribution in [2.24, 2.45) is 11.7 Å². The van der Waals surface area contributed by atoms with Gasteiger partial charge < -0.3 is 16.4 Å². The van der Waals surface area contributed by atoms with Crippen molar-refractivity contribution in [1.29, 1.82) is 0 Å². The maximum atomic E-state index is 12.3. The number of carbonyl (C=O) groups excluding carboxylic acids is 2. The third-order valence-electron chi connectivity index (χ3n) is 4.50. The first-order chi connectivity index (χ1) is 10.6. The average Bonchev–Trinajstić information content (AvgIpc) is 3.35. The molecule has 2 fully saturated rings. The minimum atomic E-state index is -0.0950. The molecule has 1 aromatic rings. The molecule has 0 unspecified atom stereocenters. The van der Waals surface area contributed by atoms with E-state index in [-0.39, 0.29) is 42.2 Å². The molecule has 6 heteroatoms. The number of carbonyl (C=O) groups is 2. The lowest BCUT2D eigenvalue weighted by atomic mass is 9.91. The van der Waals surface area contributed by atoms with Gasteiger partial charge in [-0.25, -0.2) is 0 Å². The van der Waals surface area contributed by atoms with E-state index in [9.17, 15) is 9.59 Å². The quantitative estimate of drug-likeness (QED) is 0.789. The molecule has 5 nitrogen and oxygen atoms in total. The fourth-order valence-corrected chi connectivity index (χ4v) is 2.89. The van der Waals surface area contributed by atoms with Crippen molar-refractivity contribution < 1.29 is 9.59 Å². The Hall–Kier alpha value is -1.59. The molecule has 2 amide bonds. The number of amides is 2. The fourth-order valence-electron chi connectivity index (χ4n) is 2.89. The van der Waals surface area contributed by atoms with Gasteiger partial charge in [0.2, 0.25) is 5.91 Å². The van der Waals surface area contributed by atoms with Crippen LogP contribution in [0.5, 0.6) is 0 Å². The number of nitrogens with one attached hydrogen (secondary N) is 2. The summed E-state index contributed by atoms with van der Waals surface area (Å²) in [6, 6.07) is 7.15. The normalized spacial score (nSPS) is 23.5. The van der Waals surface area contributed by atoms with Crippen LogP contribution in [0.25, 0.3) is 0 Å². The zero-order chi connectivity index (χ0) is 15.5. The molecule has 126 valence electrons. The molecule has 0 radical (unpaired) electrons. The fraction of sp³-hybridized carbons (Fsp3) is 0.529. The second-order valence-corrected chi connectivity index (χ2v) is 6.37. The Balaban J connectivity index is 0.00000192. The summed E-state index contributed by atoms with van der Waals surface area (Å²) in [6.07, 6.45) is 6.13. The van der Waals surface area contributed by atoms with Gasteiger partial charge in [0.15, 0.2) is 0 Å². The molecule has 0 saturated heterocycles. The lowest BCUT2D eigenvalue weighted by molar-refractivity contribution is -0.117. The summed E-state index contributed by atoms with van der Waals surface area (Å²) >= 11 is 0. The summed E-state index contributed by atoms with van der Waals surface area (Å²) in [5, 5.41) is 5.89. The van der Waals surface area contributed by atoms with Gasteiger partial charge in [-0.3, -0.25) is 9.59 Å². The predicted octanol–water partition coefficient (Wildman–Crippen LogP) is 2.46. The molecule has 23 heavy (non-hydrogen) atoms. The predicted molar refractivity (Wildman–Crippen MR) is 92.7 cm³/mol. The Morgan fingerprint density at radius 1 is 1.00 bits per heavy atom. The van der Waals surface area contributed by atoms with E-state index in [0.717, 1.165) is 44.2 Å². The van der Waals surface area contributed by atoms with Gasteiger partial charge in [-0.05, 0) is 49.9 Å². The molecule has 2 atom stereocenters. The van der Waals surface area contributed by atoms with Crippen LogP contribution >= 0.6 is 12.4 Å². The van der Waals surface area contributed by atoms with Crippen LogP contribution in [0.2, 0.25) is 0 Å². The molecule has 0 aromatic heterocycles. The summed E-state index contributed by atoms with van der Waals surface area (Å²) < 4.78 is 0. The first-order valence-electron chi connectivity index (χ1n) is 8.11. The summed E-state index contributed by atoms with van der Waals surface area (Å²) in [5.41, 5.74) is 7.39. The van der Waals surface area contributed by atoms with Crippen molar-refractivity contribution in [3.8, 4) is 0 Å².